The van der Waals surface area contributed by atoms with Gasteiger partial charge < -0.3 is 23.7 Å². The van der Waals surface area contributed by atoms with Gasteiger partial charge in [0.2, 0.25) is 0 Å². The highest BCUT2D eigenvalue weighted by molar-refractivity contribution is 5.94. The summed E-state index contributed by atoms with van der Waals surface area (Å²) in [6.07, 6.45) is 10.5. The first kappa shape index (κ1) is 48.3. The van der Waals surface area contributed by atoms with Gasteiger partial charge in [-0.3, -0.25) is 19.2 Å². The Bertz CT molecular complexity index is 1730. The zero-order valence-electron chi connectivity index (χ0n) is 35.8. The van der Waals surface area contributed by atoms with Crippen LogP contribution in [0.3, 0.4) is 0 Å². The Hall–Kier alpha value is -5.06. The molecule has 0 unspecified atom stereocenters. The topological polar surface area (TPSA) is 149 Å². The molecule has 0 saturated heterocycles. The van der Waals surface area contributed by atoms with Gasteiger partial charge in [-0.05, 0) is 118 Å². The Balaban J connectivity index is 1.96. The number of benzene rings is 2. The molecule has 2 aromatic rings. The lowest BCUT2D eigenvalue weighted by Crippen LogP contribution is -2.27. The Morgan fingerprint density at radius 2 is 1.19 bits per heavy atom. The van der Waals surface area contributed by atoms with Crippen molar-refractivity contribution in [3.8, 4) is 16.9 Å². The maximum Gasteiger partial charge on any atom is 0.333 e. The molecular formula is C48H64O11. The minimum Gasteiger partial charge on any atom is -0.492 e. The Kier molecular flexibility index (Phi) is 20.8. The fourth-order valence-corrected chi connectivity index (χ4v) is 7.10. The highest BCUT2D eigenvalue weighted by Crippen LogP contribution is 2.39. The van der Waals surface area contributed by atoms with Crippen LogP contribution in [0, 0.1) is 11.8 Å². The van der Waals surface area contributed by atoms with Crippen molar-refractivity contribution in [1.82, 2.24) is 0 Å². The number of ether oxygens (including phenoxy) is 5. The number of unbranched alkanes of at least 4 members (excludes halogenated alkanes) is 2. The van der Waals surface area contributed by atoms with E-state index in [2.05, 4.69) is 44.3 Å². The van der Waals surface area contributed by atoms with E-state index in [9.17, 15) is 28.8 Å². The van der Waals surface area contributed by atoms with E-state index in [-0.39, 0.29) is 56.6 Å². The molecule has 0 amide bonds. The quantitative estimate of drug-likeness (QED) is 0.0295. The van der Waals surface area contributed by atoms with Gasteiger partial charge in [0.1, 0.15) is 43.4 Å². The number of Topliss-reactive ketones (excluding diaryl/α,β-unsaturated/α-hetero) is 2. The summed E-state index contributed by atoms with van der Waals surface area (Å²) >= 11 is 0. The molecule has 11 heteroatoms. The van der Waals surface area contributed by atoms with Crippen LogP contribution >= 0.6 is 0 Å². The molecule has 1 aliphatic rings. The van der Waals surface area contributed by atoms with Gasteiger partial charge in [-0.1, -0.05) is 70.0 Å². The lowest BCUT2D eigenvalue weighted by atomic mass is 9.77. The molecule has 0 heterocycles. The largest absolute Gasteiger partial charge is 0.492 e. The van der Waals surface area contributed by atoms with Crippen LogP contribution in [0.2, 0.25) is 0 Å². The number of carbonyl (C=O) groups excluding carboxylic acids is 6. The maximum absolute atomic E-state index is 12.4. The standard InChI is InChI=1S/C48H64O11/c1-8-9-10-12-36-14-16-38(17-15-36)39-18-20-40(21-19-39)43-27-41(13-11-23-55-47(53)32(2)3)46(42(28-43)22-24-56-48(54)33(4)5)59-31-37(29-57-44(51)25-34(6)49)30-58-45(52)26-35(7)50/h18-21,27-28,36-38H,2,4,8-17,22-26,29-31H2,1,3,5-7H3. The Morgan fingerprint density at radius 3 is 1.71 bits per heavy atom. The van der Waals surface area contributed by atoms with Crippen molar-refractivity contribution >= 4 is 35.4 Å². The summed E-state index contributed by atoms with van der Waals surface area (Å²) in [5, 5.41) is 0. The predicted molar refractivity (Wildman–Crippen MR) is 226 cm³/mol. The minimum absolute atomic E-state index is 0.0377. The van der Waals surface area contributed by atoms with E-state index in [4.69, 9.17) is 23.7 Å². The molecule has 0 N–H and O–H groups in total. The van der Waals surface area contributed by atoms with Crippen molar-refractivity contribution in [2.24, 2.45) is 11.8 Å². The van der Waals surface area contributed by atoms with Gasteiger partial charge in [0.25, 0.3) is 0 Å². The highest BCUT2D eigenvalue weighted by atomic mass is 16.6. The van der Waals surface area contributed by atoms with Crippen molar-refractivity contribution in [3.63, 3.8) is 0 Å². The zero-order valence-corrected chi connectivity index (χ0v) is 35.8. The van der Waals surface area contributed by atoms with E-state index < -0.39 is 42.6 Å². The summed E-state index contributed by atoms with van der Waals surface area (Å²) < 4.78 is 28.1. The summed E-state index contributed by atoms with van der Waals surface area (Å²) in [4.78, 5) is 72.2. The number of aryl methyl sites for hydroxylation is 1. The second-order valence-corrected chi connectivity index (χ2v) is 15.9. The van der Waals surface area contributed by atoms with E-state index in [1.807, 2.05) is 12.1 Å². The van der Waals surface area contributed by atoms with Gasteiger partial charge in [-0.2, -0.15) is 0 Å². The number of hydrogen-bond acceptors (Lipinski definition) is 11. The fraction of sp³-hybridized carbons (Fsp3) is 0.542. The van der Waals surface area contributed by atoms with Gasteiger partial charge in [-0.25, -0.2) is 9.59 Å². The van der Waals surface area contributed by atoms with E-state index >= 15 is 0 Å². The van der Waals surface area contributed by atoms with Crippen LogP contribution in [0.4, 0.5) is 0 Å². The summed E-state index contributed by atoms with van der Waals surface area (Å²) in [5.74, 6) is -1.99. The molecule has 11 nitrogen and oxygen atoms in total. The molecule has 1 fully saturated rings. The van der Waals surface area contributed by atoms with Gasteiger partial charge in [0.15, 0.2) is 0 Å². The van der Waals surface area contributed by atoms with Gasteiger partial charge in [0, 0.05) is 17.6 Å². The molecule has 0 bridgehead atoms. The van der Waals surface area contributed by atoms with Gasteiger partial charge in [-0.15, -0.1) is 0 Å². The summed E-state index contributed by atoms with van der Waals surface area (Å²) in [5.41, 5.74) is 5.35. The van der Waals surface area contributed by atoms with E-state index in [0.29, 0.717) is 30.1 Å². The van der Waals surface area contributed by atoms with Crippen molar-refractivity contribution in [1.29, 1.82) is 0 Å². The molecule has 3 rings (SSSR count). The van der Waals surface area contributed by atoms with Crippen LogP contribution < -0.4 is 4.74 Å². The molecule has 0 aromatic heterocycles. The van der Waals surface area contributed by atoms with Crippen LogP contribution in [-0.4, -0.2) is 68.5 Å². The molecular weight excluding hydrogens is 753 g/mol. The average molecular weight is 817 g/mol. The van der Waals surface area contributed by atoms with E-state index in [1.165, 1.54) is 70.8 Å². The Labute approximate surface area is 350 Å². The molecule has 322 valence electrons. The first-order chi connectivity index (χ1) is 28.2. The monoisotopic (exact) mass is 816 g/mol. The summed E-state index contributed by atoms with van der Waals surface area (Å²) in [6, 6.07) is 12.8. The molecule has 2 aromatic carbocycles. The predicted octanol–water partition coefficient (Wildman–Crippen LogP) is 8.96. The lowest BCUT2D eigenvalue weighted by molar-refractivity contribution is -0.151. The van der Waals surface area contributed by atoms with Crippen molar-refractivity contribution in [2.75, 3.05) is 33.0 Å². The molecule has 0 aliphatic heterocycles. The molecule has 0 radical (unpaired) electrons. The highest BCUT2D eigenvalue weighted by Gasteiger charge is 2.24. The normalized spacial score (nSPS) is 14.9. The number of rotatable bonds is 26. The minimum atomic E-state index is -0.729. The van der Waals surface area contributed by atoms with E-state index in [1.54, 1.807) is 13.8 Å². The van der Waals surface area contributed by atoms with Crippen LogP contribution in [0.1, 0.15) is 128 Å². The van der Waals surface area contributed by atoms with E-state index in [0.717, 1.165) is 28.2 Å². The van der Waals surface area contributed by atoms with Crippen molar-refractivity contribution in [3.05, 3.63) is 77.4 Å². The molecule has 0 spiro atoms. The van der Waals surface area contributed by atoms with Crippen molar-refractivity contribution < 1.29 is 52.5 Å². The van der Waals surface area contributed by atoms with Crippen LogP contribution in [-0.2, 0) is 60.6 Å². The van der Waals surface area contributed by atoms with Crippen LogP contribution in [0.25, 0.3) is 11.1 Å². The van der Waals surface area contributed by atoms with Gasteiger partial charge in [0.05, 0.1) is 25.7 Å². The van der Waals surface area contributed by atoms with Gasteiger partial charge >= 0.3 is 23.9 Å². The lowest BCUT2D eigenvalue weighted by Gasteiger charge is -2.29. The number of carbonyl (C=O) groups is 6. The first-order valence-electron chi connectivity index (χ1n) is 21.0. The zero-order chi connectivity index (χ0) is 43.3. The molecule has 1 aliphatic carbocycles. The summed E-state index contributed by atoms with van der Waals surface area (Å²) in [7, 11) is 0. The SMILES string of the molecule is C=C(C)C(=O)OCCCc1cc(-c2ccc(C3CCC(CCCCC)CC3)cc2)cc(CCOC(=O)C(=C)C)c1OCC(COC(=O)CC(C)=O)COC(=O)CC(C)=O. The third-order valence-corrected chi connectivity index (χ3v) is 10.4. The maximum atomic E-state index is 12.4. The second-order valence-electron chi connectivity index (χ2n) is 15.9. The third kappa shape index (κ3) is 17.8. The van der Waals surface area contributed by atoms with Crippen LogP contribution in [0.5, 0.6) is 5.75 Å². The molecule has 1 saturated carbocycles. The number of esters is 4. The number of ketones is 2. The average Bonchev–Trinajstić information content (AvgIpc) is 3.19. The summed E-state index contributed by atoms with van der Waals surface area (Å²) in [6.45, 7) is 15.0. The smallest absolute Gasteiger partial charge is 0.333 e. The van der Waals surface area contributed by atoms with Crippen molar-refractivity contribution in [2.45, 2.75) is 124 Å². The third-order valence-electron chi connectivity index (χ3n) is 10.4. The Morgan fingerprint density at radius 1 is 0.644 bits per heavy atom. The first-order valence-corrected chi connectivity index (χ1v) is 21.0. The molecule has 59 heavy (non-hydrogen) atoms. The molecule has 0 atom stereocenters. The fourth-order valence-electron chi connectivity index (χ4n) is 7.10. The number of hydrogen-bond donors (Lipinski definition) is 0. The second kappa shape index (κ2) is 25.4. The van der Waals surface area contributed by atoms with Crippen LogP contribution in [0.15, 0.2) is 60.7 Å².